The van der Waals surface area contributed by atoms with Crippen molar-refractivity contribution in [2.24, 2.45) is 5.84 Å². The van der Waals surface area contributed by atoms with Crippen molar-refractivity contribution < 1.29 is 4.79 Å². The fourth-order valence-corrected chi connectivity index (χ4v) is 1.87. The molecule has 0 fully saturated rings. The molecule has 0 aromatic heterocycles. The predicted molar refractivity (Wildman–Crippen MR) is 58.5 cm³/mol. The van der Waals surface area contributed by atoms with Gasteiger partial charge in [-0.2, -0.15) is 0 Å². The van der Waals surface area contributed by atoms with E-state index in [1.54, 1.807) is 13.0 Å². The van der Waals surface area contributed by atoms with Gasteiger partial charge >= 0.3 is 0 Å². The van der Waals surface area contributed by atoms with Crippen molar-refractivity contribution in [2.75, 3.05) is 5.73 Å². The van der Waals surface area contributed by atoms with Crippen LogP contribution in [0.1, 0.15) is 6.92 Å². The molecule has 0 aliphatic rings. The molecule has 1 unspecified atom stereocenters. The number of thioether (sulfide) groups is 1. The largest absolute Gasteiger partial charge is 0.398 e. The molecule has 0 saturated heterocycles. The zero-order valence-electron chi connectivity index (χ0n) is 7.86. The van der Waals surface area contributed by atoms with Gasteiger partial charge in [0.05, 0.1) is 5.25 Å². The van der Waals surface area contributed by atoms with Gasteiger partial charge in [0.2, 0.25) is 5.91 Å². The first-order chi connectivity index (χ1) is 6.65. The summed E-state index contributed by atoms with van der Waals surface area (Å²) in [6.45, 7) is 1.78. The number of benzene rings is 1. The Balaban J connectivity index is 2.69. The van der Waals surface area contributed by atoms with Crippen LogP contribution in [0.25, 0.3) is 0 Å². The highest BCUT2D eigenvalue weighted by Crippen LogP contribution is 2.28. The van der Waals surface area contributed by atoms with Crippen molar-refractivity contribution in [2.45, 2.75) is 17.1 Å². The van der Waals surface area contributed by atoms with E-state index in [1.807, 2.05) is 18.2 Å². The van der Waals surface area contributed by atoms with Crippen molar-refractivity contribution in [1.82, 2.24) is 5.43 Å². The first-order valence-electron chi connectivity index (χ1n) is 4.16. The monoisotopic (exact) mass is 211 g/mol. The zero-order valence-corrected chi connectivity index (χ0v) is 8.67. The number of hydrazine groups is 1. The lowest BCUT2D eigenvalue weighted by molar-refractivity contribution is -0.120. The number of anilines is 1. The van der Waals surface area contributed by atoms with Crippen molar-refractivity contribution in [3.8, 4) is 0 Å². The van der Waals surface area contributed by atoms with Gasteiger partial charge in [-0.05, 0) is 19.1 Å². The van der Waals surface area contributed by atoms with Gasteiger partial charge in [0.25, 0.3) is 0 Å². The third-order valence-corrected chi connectivity index (χ3v) is 2.93. The van der Waals surface area contributed by atoms with Crippen LogP contribution in [0.15, 0.2) is 29.2 Å². The Morgan fingerprint density at radius 1 is 1.50 bits per heavy atom. The lowest BCUT2D eigenvalue weighted by Crippen LogP contribution is -2.36. The quantitative estimate of drug-likeness (QED) is 0.226. The molecule has 76 valence electrons. The van der Waals surface area contributed by atoms with E-state index < -0.39 is 0 Å². The topological polar surface area (TPSA) is 81.1 Å². The first-order valence-corrected chi connectivity index (χ1v) is 5.04. The second-order valence-electron chi connectivity index (χ2n) is 2.81. The zero-order chi connectivity index (χ0) is 10.6. The van der Waals surface area contributed by atoms with Crippen molar-refractivity contribution in [1.29, 1.82) is 0 Å². The summed E-state index contributed by atoms with van der Waals surface area (Å²) in [5.74, 6) is 4.81. The molecule has 0 saturated carbocycles. The van der Waals surface area contributed by atoms with Crippen molar-refractivity contribution in [3.05, 3.63) is 24.3 Å². The Kier molecular flexibility index (Phi) is 3.79. The number of hydrogen-bond donors (Lipinski definition) is 3. The van der Waals surface area contributed by atoms with Crippen LogP contribution in [0, 0.1) is 0 Å². The summed E-state index contributed by atoms with van der Waals surface area (Å²) in [6, 6.07) is 7.41. The number of carbonyl (C=O) groups excluding carboxylic acids is 1. The summed E-state index contributed by atoms with van der Waals surface area (Å²) < 4.78 is 0. The van der Waals surface area contributed by atoms with Gasteiger partial charge < -0.3 is 5.73 Å². The van der Waals surface area contributed by atoms with Crippen LogP contribution < -0.4 is 17.0 Å². The Morgan fingerprint density at radius 2 is 2.14 bits per heavy atom. The Hall–Kier alpha value is -1.20. The van der Waals surface area contributed by atoms with Crippen LogP contribution in [0.3, 0.4) is 0 Å². The number of para-hydroxylation sites is 1. The second-order valence-corrected chi connectivity index (χ2v) is 4.19. The molecule has 5 heteroatoms. The summed E-state index contributed by atoms with van der Waals surface area (Å²) in [6.07, 6.45) is 0. The van der Waals surface area contributed by atoms with Gasteiger partial charge in [0.1, 0.15) is 0 Å². The molecule has 1 aromatic carbocycles. The molecule has 0 spiro atoms. The fraction of sp³-hybridized carbons (Fsp3) is 0.222. The minimum Gasteiger partial charge on any atom is -0.398 e. The van der Waals surface area contributed by atoms with Crippen LogP contribution in [-0.4, -0.2) is 11.2 Å². The molecule has 0 bridgehead atoms. The molecule has 1 rings (SSSR count). The lowest BCUT2D eigenvalue weighted by Gasteiger charge is -2.10. The number of nitrogen functional groups attached to an aromatic ring is 1. The molecule has 0 heterocycles. The van der Waals surface area contributed by atoms with E-state index in [4.69, 9.17) is 11.6 Å². The Bertz CT molecular complexity index is 330. The maximum Gasteiger partial charge on any atom is 0.247 e. The molecule has 0 aliphatic heterocycles. The van der Waals surface area contributed by atoms with Gasteiger partial charge in [-0.1, -0.05) is 12.1 Å². The molecular weight excluding hydrogens is 198 g/mol. The van der Waals surface area contributed by atoms with E-state index in [9.17, 15) is 4.79 Å². The standard InChI is InChI=1S/C9H13N3OS/c1-6(9(13)12-11)14-8-5-3-2-4-7(8)10/h2-6H,10-11H2,1H3,(H,12,13). The lowest BCUT2D eigenvalue weighted by atomic mass is 10.3. The second kappa shape index (κ2) is 4.88. The van der Waals surface area contributed by atoms with E-state index in [2.05, 4.69) is 5.43 Å². The molecule has 1 aromatic rings. The molecule has 5 N–H and O–H groups in total. The molecular formula is C9H13N3OS. The third-order valence-electron chi connectivity index (χ3n) is 1.73. The minimum absolute atomic E-state index is 0.210. The average molecular weight is 211 g/mol. The summed E-state index contributed by atoms with van der Waals surface area (Å²) >= 11 is 1.39. The molecule has 1 amide bonds. The van der Waals surface area contributed by atoms with Crippen LogP contribution in [0.2, 0.25) is 0 Å². The smallest absolute Gasteiger partial charge is 0.247 e. The predicted octanol–water partition coefficient (Wildman–Crippen LogP) is 0.739. The number of carbonyl (C=O) groups is 1. The van der Waals surface area contributed by atoms with E-state index >= 15 is 0 Å². The Morgan fingerprint density at radius 3 is 2.71 bits per heavy atom. The molecule has 14 heavy (non-hydrogen) atoms. The first kappa shape index (κ1) is 10.9. The molecule has 1 atom stereocenters. The minimum atomic E-state index is -0.246. The van der Waals surface area contributed by atoms with Gasteiger partial charge in [-0.15, -0.1) is 11.8 Å². The highest BCUT2D eigenvalue weighted by Gasteiger charge is 2.13. The number of hydrogen-bond acceptors (Lipinski definition) is 4. The number of amides is 1. The molecule has 0 aliphatic carbocycles. The van der Waals surface area contributed by atoms with Gasteiger partial charge in [0.15, 0.2) is 0 Å². The summed E-state index contributed by atoms with van der Waals surface area (Å²) in [7, 11) is 0. The molecule has 0 radical (unpaired) electrons. The van der Waals surface area contributed by atoms with Gasteiger partial charge in [-0.3, -0.25) is 10.2 Å². The highest BCUT2D eigenvalue weighted by atomic mass is 32.2. The SMILES string of the molecule is CC(Sc1ccccc1N)C(=O)NN. The number of nitrogens with two attached hydrogens (primary N) is 2. The average Bonchev–Trinajstić information content (AvgIpc) is 2.20. The van der Waals surface area contributed by atoms with Crippen molar-refractivity contribution >= 4 is 23.4 Å². The summed E-state index contributed by atoms with van der Waals surface area (Å²) in [5, 5.41) is -0.246. The van der Waals surface area contributed by atoms with Crippen LogP contribution >= 0.6 is 11.8 Å². The maximum atomic E-state index is 11.1. The van der Waals surface area contributed by atoms with Gasteiger partial charge in [-0.25, -0.2) is 5.84 Å². The van der Waals surface area contributed by atoms with Crippen LogP contribution in [0.5, 0.6) is 0 Å². The summed E-state index contributed by atoms with van der Waals surface area (Å²) in [5.41, 5.74) is 8.51. The normalized spacial score (nSPS) is 12.1. The third kappa shape index (κ3) is 2.65. The fourth-order valence-electron chi connectivity index (χ4n) is 0.949. The molecule has 4 nitrogen and oxygen atoms in total. The number of rotatable bonds is 3. The number of nitrogens with one attached hydrogen (secondary N) is 1. The van der Waals surface area contributed by atoms with E-state index in [1.165, 1.54) is 11.8 Å². The van der Waals surface area contributed by atoms with Crippen molar-refractivity contribution in [3.63, 3.8) is 0 Å². The Labute approximate surface area is 87.0 Å². The van der Waals surface area contributed by atoms with E-state index in [0.717, 1.165) is 4.90 Å². The van der Waals surface area contributed by atoms with E-state index in [0.29, 0.717) is 5.69 Å². The van der Waals surface area contributed by atoms with E-state index in [-0.39, 0.29) is 11.2 Å². The van der Waals surface area contributed by atoms with Gasteiger partial charge in [0, 0.05) is 10.6 Å². The summed E-state index contributed by atoms with van der Waals surface area (Å²) in [4.78, 5) is 12.0. The van der Waals surface area contributed by atoms with Crippen LogP contribution in [0.4, 0.5) is 5.69 Å². The maximum absolute atomic E-state index is 11.1. The van der Waals surface area contributed by atoms with Crippen LogP contribution in [-0.2, 0) is 4.79 Å². The highest BCUT2D eigenvalue weighted by molar-refractivity contribution is 8.00.